The molecule has 0 aromatic carbocycles. The summed E-state index contributed by atoms with van der Waals surface area (Å²) in [7, 11) is 0. The molecule has 3 aliphatic rings. The fourth-order valence-corrected chi connectivity index (χ4v) is 4.53. The summed E-state index contributed by atoms with van der Waals surface area (Å²) in [5.74, 6) is 1.59. The zero-order chi connectivity index (χ0) is 13.7. The third-order valence-corrected chi connectivity index (χ3v) is 5.54. The molecule has 1 aromatic rings. The van der Waals surface area contributed by atoms with Gasteiger partial charge in [-0.05, 0) is 38.5 Å². The predicted octanol–water partition coefficient (Wildman–Crippen LogP) is 3.39. The predicted molar refractivity (Wildman–Crippen MR) is 75.8 cm³/mol. The van der Waals surface area contributed by atoms with E-state index in [0.717, 1.165) is 31.4 Å². The summed E-state index contributed by atoms with van der Waals surface area (Å²) >= 11 is 0. The van der Waals surface area contributed by atoms with Gasteiger partial charge in [-0.3, -0.25) is 0 Å². The Morgan fingerprint density at radius 1 is 1.30 bits per heavy atom. The minimum absolute atomic E-state index is 0.0269. The molecule has 2 aliphatic carbocycles. The van der Waals surface area contributed by atoms with E-state index in [1.807, 2.05) is 0 Å². The van der Waals surface area contributed by atoms with E-state index in [9.17, 15) is 0 Å². The monoisotopic (exact) mass is 274 g/mol. The Kier molecular flexibility index (Phi) is 2.69. The molecular formula is C16H22N2O2. The van der Waals surface area contributed by atoms with Crippen LogP contribution in [0.1, 0.15) is 63.0 Å². The van der Waals surface area contributed by atoms with Crippen LogP contribution in [0, 0.1) is 5.92 Å². The van der Waals surface area contributed by atoms with Crippen molar-refractivity contribution in [3.05, 3.63) is 17.0 Å². The van der Waals surface area contributed by atoms with E-state index < -0.39 is 0 Å². The maximum Gasteiger partial charge on any atom is 0.139 e. The SMILES string of the molecule is CCc1onc2c1CCC[C@]21CC[C@@H]2C1=NO[C@H]2CC. The Hall–Kier alpha value is -1.32. The van der Waals surface area contributed by atoms with Crippen LogP contribution >= 0.6 is 0 Å². The van der Waals surface area contributed by atoms with Crippen LogP contribution in [0.25, 0.3) is 0 Å². The molecule has 20 heavy (non-hydrogen) atoms. The van der Waals surface area contributed by atoms with Gasteiger partial charge in [0.1, 0.15) is 11.9 Å². The highest BCUT2D eigenvalue weighted by molar-refractivity contribution is 5.99. The molecule has 0 N–H and O–H groups in total. The largest absolute Gasteiger partial charge is 0.392 e. The number of nitrogens with zero attached hydrogens (tertiary/aromatic N) is 2. The van der Waals surface area contributed by atoms with E-state index in [1.165, 1.54) is 36.2 Å². The maximum absolute atomic E-state index is 5.67. The second kappa shape index (κ2) is 4.34. The van der Waals surface area contributed by atoms with Gasteiger partial charge in [0.15, 0.2) is 0 Å². The second-order valence-corrected chi connectivity index (χ2v) is 6.40. The Morgan fingerprint density at radius 3 is 3.00 bits per heavy atom. The normalized spacial score (nSPS) is 34.8. The van der Waals surface area contributed by atoms with Gasteiger partial charge in [0.05, 0.1) is 16.8 Å². The molecule has 0 saturated heterocycles. The van der Waals surface area contributed by atoms with Gasteiger partial charge in [-0.2, -0.15) is 0 Å². The van der Waals surface area contributed by atoms with Gasteiger partial charge < -0.3 is 9.36 Å². The molecule has 1 saturated carbocycles. The molecule has 0 amide bonds. The molecule has 4 heteroatoms. The van der Waals surface area contributed by atoms with Crippen molar-refractivity contribution in [2.75, 3.05) is 0 Å². The second-order valence-electron chi connectivity index (χ2n) is 6.40. The summed E-state index contributed by atoms with van der Waals surface area (Å²) in [6, 6.07) is 0. The fourth-order valence-electron chi connectivity index (χ4n) is 4.53. The highest BCUT2D eigenvalue weighted by Gasteiger charge is 2.55. The van der Waals surface area contributed by atoms with Gasteiger partial charge >= 0.3 is 0 Å². The summed E-state index contributed by atoms with van der Waals surface area (Å²) in [6.45, 7) is 4.33. The fraction of sp³-hybridized carbons (Fsp3) is 0.750. The lowest BCUT2D eigenvalue weighted by molar-refractivity contribution is 0.0562. The topological polar surface area (TPSA) is 47.6 Å². The van der Waals surface area contributed by atoms with E-state index >= 15 is 0 Å². The summed E-state index contributed by atoms with van der Waals surface area (Å²) in [6.07, 6.45) is 8.09. The number of aromatic nitrogens is 1. The van der Waals surface area contributed by atoms with Crippen molar-refractivity contribution in [1.82, 2.24) is 5.16 Å². The Bertz CT molecular complexity index is 563. The number of hydrogen-bond donors (Lipinski definition) is 0. The number of rotatable bonds is 2. The molecule has 1 aliphatic heterocycles. The van der Waals surface area contributed by atoms with Crippen LogP contribution in [0.3, 0.4) is 0 Å². The molecule has 0 bridgehead atoms. The smallest absolute Gasteiger partial charge is 0.139 e. The molecule has 1 fully saturated rings. The van der Waals surface area contributed by atoms with E-state index in [1.54, 1.807) is 0 Å². The number of fused-ring (bicyclic) bond motifs is 4. The minimum Gasteiger partial charge on any atom is -0.392 e. The lowest BCUT2D eigenvalue weighted by Gasteiger charge is -2.31. The number of hydrogen-bond acceptors (Lipinski definition) is 4. The van der Waals surface area contributed by atoms with Crippen molar-refractivity contribution in [2.24, 2.45) is 11.1 Å². The molecular weight excluding hydrogens is 252 g/mol. The van der Waals surface area contributed by atoms with E-state index in [2.05, 4.69) is 24.2 Å². The lowest BCUT2D eigenvalue weighted by Crippen LogP contribution is -2.37. The number of oxime groups is 1. The Balaban J connectivity index is 1.79. The first-order valence-corrected chi connectivity index (χ1v) is 8.02. The average molecular weight is 274 g/mol. The van der Waals surface area contributed by atoms with Gasteiger partial charge in [-0.25, -0.2) is 0 Å². The minimum atomic E-state index is 0.0269. The van der Waals surface area contributed by atoms with Crippen LogP contribution in [0.2, 0.25) is 0 Å². The molecule has 108 valence electrons. The quantitative estimate of drug-likeness (QED) is 0.830. The summed E-state index contributed by atoms with van der Waals surface area (Å²) < 4.78 is 5.61. The van der Waals surface area contributed by atoms with Crippen LogP contribution in [0.5, 0.6) is 0 Å². The Labute approximate surface area is 119 Å². The summed E-state index contributed by atoms with van der Waals surface area (Å²) in [4.78, 5) is 5.67. The summed E-state index contributed by atoms with van der Waals surface area (Å²) in [5.41, 5.74) is 3.84. The molecule has 0 radical (unpaired) electrons. The van der Waals surface area contributed by atoms with Crippen LogP contribution < -0.4 is 0 Å². The van der Waals surface area contributed by atoms with Crippen molar-refractivity contribution in [1.29, 1.82) is 0 Å². The van der Waals surface area contributed by atoms with Gasteiger partial charge in [-0.15, -0.1) is 0 Å². The Morgan fingerprint density at radius 2 is 2.20 bits per heavy atom. The molecule has 4 nitrogen and oxygen atoms in total. The third kappa shape index (κ3) is 1.42. The molecule has 1 spiro atoms. The zero-order valence-corrected chi connectivity index (χ0v) is 12.3. The van der Waals surface area contributed by atoms with Gasteiger partial charge in [-0.1, -0.05) is 24.2 Å². The molecule has 1 aromatic heterocycles. The van der Waals surface area contributed by atoms with Crippen LogP contribution in [0.15, 0.2) is 9.68 Å². The van der Waals surface area contributed by atoms with Crippen LogP contribution in [0.4, 0.5) is 0 Å². The van der Waals surface area contributed by atoms with Crippen molar-refractivity contribution in [2.45, 2.75) is 70.3 Å². The highest BCUT2D eigenvalue weighted by atomic mass is 16.6. The first-order chi connectivity index (χ1) is 9.80. The van der Waals surface area contributed by atoms with Gasteiger partial charge in [0.25, 0.3) is 0 Å². The van der Waals surface area contributed by atoms with Crippen molar-refractivity contribution in [3.63, 3.8) is 0 Å². The first-order valence-electron chi connectivity index (χ1n) is 8.02. The molecule has 0 unspecified atom stereocenters. The highest BCUT2D eigenvalue weighted by Crippen LogP contribution is 2.52. The molecule has 3 atom stereocenters. The van der Waals surface area contributed by atoms with Crippen LogP contribution in [-0.2, 0) is 23.1 Å². The van der Waals surface area contributed by atoms with Crippen LogP contribution in [-0.4, -0.2) is 17.0 Å². The van der Waals surface area contributed by atoms with E-state index in [0.29, 0.717) is 5.92 Å². The van der Waals surface area contributed by atoms with Gasteiger partial charge in [0.2, 0.25) is 0 Å². The number of aryl methyl sites for hydroxylation is 1. The van der Waals surface area contributed by atoms with E-state index in [-0.39, 0.29) is 11.5 Å². The van der Waals surface area contributed by atoms with E-state index in [4.69, 9.17) is 9.36 Å². The average Bonchev–Trinajstić information content (AvgIpc) is 3.15. The first kappa shape index (κ1) is 12.4. The van der Waals surface area contributed by atoms with Crippen molar-refractivity contribution >= 4 is 5.71 Å². The standard InChI is InChI=1S/C16H22N2O2/c1-3-12-10-6-5-8-16(14(10)17-19-12)9-7-11-13(4-2)20-18-15(11)16/h11,13H,3-9H2,1-2H3/t11-,13-,16-/m0/s1. The zero-order valence-electron chi connectivity index (χ0n) is 12.3. The maximum atomic E-state index is 5.67. The third-order valence-electron chi connectivity index (χ3n) is 5.54. The lowest BCUT2D eigenvalue weighted by atomic mass is 9.70. The van der Waals surface area contributed by atoms with Crippen molar-refractivity contribution in [3.8, 4) is 0 Å². The summed E-state index contributed by atoms with van der Waals surface area (Å²) in [5, 5.41) is 8.96. The van der Waals surface area contributed by atoms with Gasteiger partial charge in [0, 0.05) is 17.9 Å². The van der Waals surface area contributed by atoms with Crippen molar-refractivity contribution < 1.29 is 9.36 Å². The molecule has 4 rings (SSSR count). The molecule has 2 heterocycles.